The van der Waals surface area contributed by atoms with Gasteiger partial charge in [0, 0.05) is 29.0 Å². The molecule has 3 N–H and O–H groups in total. The predicted octanol–water partition coefficient (Wildman–Crippen LogP) is 3.15. The van der Waals surface area contributed by atoms with E-state index in [0.29, 0.717) is 39.6 Å². The van der Waals surface area contributed by atoms with Crippen molar-refractivity contribution in [3.05, 3.63) is 35.0 Å². The third-order valence-electron chi connectivity index (χ3n) is 2.85. The molecule has 23 heavy (non-hydrogen) atoms. The number of nitrogens with zero attached hydrogens (tertiary/aromatic N) is 2. The van der Waals surface area contributed by atoms with Crippen molar-refractivity contribution < 1.29 is 9.53 Å². The van der Waals surface area contributed by atoms with Crippen LogP contribution >= 0.6 is 23.4 Å². The van der Waals surface area contributed by atoms with Gasteiger partial charge in [0.2, 0.25) is 5.91 Å². The molecule has 0 fully saturated rings. The third kappa shape index (κ3) is 5.30. The van der Waals surface area contributed by atoms with Crippen molar-refractivity contribution in [2.24, 2.45) is 0 Å². The van der Waals surface area contributed by atoms with Gasteiger partial charge in [-0.15, -0.1) is 0 Å². The van der Waals surface area contributed by atoms with E-state index in [1.54, 1.807) is 24.3 Å². The normalized spacial score (nSPS) is 10.4. The number of nitrogens with two attached hydrogens (primary N) is 1. The maximum Gasteiger partial charge on any atom is 0.225 e. The second kappa shape index (κ2) is 8.03. The number of hydrogen-bond donors (Lipinski definition) is 2. The smallest absolute Gasteiger partial charge is 0.225 e. The first-order chi connectivity index (χ1) is 11.0. The van der Waals surface area contributed by atoms with Gasteiger partial charge in [0.05, 0.1) is 12.8 Å². The van der Waals surface area contributed by atoms with E-state index in [9.17, 15) is 4.79 Å². The van der Waals surface area contributed by atoms with Gasteiger partial charge in [-0.2, -0.15) is 0 Å². The zero-order valence-corrected chi connectivity index (χ0v) is 14.4. The molecule has 0 bridgehead atoms. The number of halogens is 1. The molecule has 1 heterocycles. The molecule has 1 aromatic heterocycles. The molecule has 6 nitrogen and oxygen atoms in total. The maximum atomic E-state index is 12.0. The maximum absolute atomic E-state index is 12.0. The summed E-state index contributed by atoms with van der Waals surface area (Å²) in [6, 6.07) is 6.75. The van der Waals surface area contributed by atoms with Crippen molar-refractivity contribution in [1.82, 2.24) is 9.97 Å². The van der Waals surface area contributed by atoms with Crippen LogP contribution < -0.4 is 15.8 Å². The van der Waals surface area contributed by atoms with Crippen LogP contribution in [0.3, 0.4) is 0 Å². The van der Waals surface area contributed by atoms with Gasteiger partial charge in [-0.1, -0.05) is 23.4 Å². The number of methoxy groups -OCH3 is 1. The zero-order valence-electron chi connectivity index (χ0n) is 12.8. The Hall–Kier alpha value is -1.99. The highest BCUT2D eigenvalue weighted by molar-refractivity contribution is 7.99. The van der Waals surface area contributed by atoms with Crippen LogP contribution in [0.4, 0.5) is 11.5 Å². The second-order valence-corrected chi connectivity index (χ2v) is 6.21. The first-order valence-corrected chi connectivity index (χ1v) is 8.21. The number of rotatable bonds is 6. The largest absolute Gasteiger partial charge is 0.495 e. The Morgan fingerprint density at radius 2 is 2.17 bits per heavy atom. The summed E-state index contributed by atoms with van der Waals surface area (Å²) in [5.74, 6) is 1.38. The molecule has 0 aliphatic rings. The van der Waals surface area contributed by atoms with Crippen LogP contribution in [0.15, 0.2) is 29.4 Å². The quantitative estimate of drug-likeness (QED) is 0.613. The monoisotopic (exact) mass is 352 g/mol. The minimum absolute atomic E-state index is 0.140. The molecule has 1 amide bonds. The molecule has 0 aliphatic carbocycles. The topological polar surface area (TPSA) is 90.1 Å². The number of benzene rings is 1. The van der Waals surface area contributed by atoms with E-state index >= 15 is 0 Å². The number of hydrogen-bond acceptors (Lipinski definition) is 6. The van der Waals surface area contributed by atoms with Gasteiger partial charge in [-0.25, -0.2) is 9.97 Å². The first kappa shape index (κ1) is 17.4. The molecule has 0 spiro atoms. The zero-order chi connectivity index (χ0) is 16.8. The summed E-state index contributed by atoms with van der Waals surface area (Å²) in [6.45, 7) is 1.85. The number of carbonyl (C=O) groups is 1. The fraction of sp³-hybridized carbons (Fsp3) is 0.267. The Bertz CT molecular complexity index is 692. The second-order valence-electron chi connectivity index (χ2n) is 4.71. The van der Waals surface area contributed by atoms with E-state index < -0.39 is 0 Å². The Morgan fingerprint density at radius 3 is 2.87 bits per heavy atom. The lowest BCUT2D eigenvalue weighted by atomic mass is 10.3. The van der Waals surface area contributed by atoms with E-state index in [1.807, 2.05) is 6.92 Å². The summed E-state index contributed by atoms with van der Waals surface area (Å²) < 4.78 is 5.19. The Labute approximate surface area is 143 Å². The van der Waals surface area contributed by atoms with Crippen LogP contribution in [0, 0.1) is 6.92 Å². The van der Waals surface area contributed by atoms with Gasteiger partial charge >= 0.3 is 0 Å². The molecular weight excluding hydrogens is 336 g/mol. The van der Waals surface area contributed by atoms with Crippen LogP contribution in [0.2, 0.25) is 5.02 Å². The number of ether oxygens (including phenoxy) is 1. The molecule has 2 rings (SSSR count). The van der Waals surface area contributed by atoms with Crippen molar-refractivity contribution in [3.8, 4) is 5.75 Å². The van der Waals surface area contributed by atoms with Gasteiger partial charge in [0.1, 0.15) is 11.6 Å². The van der Waals surface area contributed by atoms with E-state index in [2.05, 4.69) is 15.3 Å². The fourth-order valence-electron chi connectivity index (χ4n) is 1.86. The molecule has 2 aromatic rings. The van der Waals surface area contributed by atoms with Gasteiger partial charge in [0.15, 0.2) is 5.16 Å². The van der Waals surface area contributed by atoms with Crippen molar-refractivity contribution >= 4 is 40.8 Å². The van der Waals surface area contributed by atoms with Gasteiger partial charge < -0.3 is 15.8 Å². The molecule has 8 heteroatoms. The van der Waals surface area contributed by atoms with E-state index in [-0.39, 0.29) is 5.91 Å². The molecule has 0 saturated heterocycles. The highest BCUT2D eigenvalue weighted by atomic mass is 35.5. The van der Waals surface area contributed by atoms with Gasteiger partial charge in [0.25, 0.3) is 0 Å². The third-order valence-corrected chi connectivity index (χ3v) is 3.93. The van der Waals surface area contributed by atoms with Crippen LogP contribution in [-0.4, -0.2) is 28.7 Å². The van der Waals surface area contributed by atoms with Crippen molar-refractivity contribution in [2.45, 2.75) is 18.5 Å². The highest BCUT2D eigenvalue weighted by Gasteiger charge is 2.09. The lowest BCUT2D eigenvalue weighted by Crippen LogP contribution is -2.13. The predicted molar refractivity (Wildman–Crippen MR) is 93.2 cm³/mol. The summed E-state index contributed by atoms with van der Waals surface area (Å²) in [5.41, 5.74) is 7.02. The van der Waals surface area contributed by atoms with Crippen LogP contribution in [0.5, 0.6) is 5.75 Å². The number of carbonyl (C=O) groups excluding carboxylic acids is 1. The number of aryl methyl sites for hydroxylation is 1. The standard InChI is InChI=1S/C15H17ClN4O2S/c1-9-7-13(17)20-15(18-9)23-6-5-14(21)19-11-8-10(16)3-4-12(11)22-2/h3-4,7-8H,5-6H2,1-2H3,(H,19,21)(H2,17,18,20). The summed E-state index contributed by atoms with van der Waals surface area (Å²) in [7, 11) is 1.54. The fourth-order valence-corrected chi connectivity index (χ4v) is 2.88. The van der Waals surface area contributed by atoms with Gasteiger partial charge in [-0.05, 0) is 25.1 Å². The lowest BCUT2D eigenvalue weighted by molar-refractivity contribution is -0.115. The number of thioether (sulfide) groups is 1. The SMILES string of the molecule is COc1ccc(Cl)cc1NC(=O)CCSc1nc(C)cc(N)n1. The molecule has 0 unspecified atom stereocenters. The lowest BCUT2D eigenvalue weighted by Gasteiger charge is -2.10. The minimum atomic E-state index is -0.140. The average molecular weight is 353 g/mol. The Balaban J connectivity index is 1.89. The Morgan fingerprint density at radius 1 is 1.39 bits per heavy atom. The van der Waals surface area contributed by atoms with Crippen molar-refractivity contribution in [3.63, 3.8) is 0 Å². The van der Waals surface area contributed by atoms with Crippen LogP contribution in [0.1, 0.15) is 12.1 Å². The van der Waals surface area contributed by atoms with Gasteiger partial charge in [-0.3, -0.25) is 4.79 Å². The summed E-state index contributed by atoms with van der Waals surface area (Å²) in [6.07, 6.45) is 0.303. The number of aromatic nitrogens is 2. The van der Waals surface area contributed by atoms with E-state index in [4.69, 9.17) is 22.1 Å². The van der Waals surface area contributed by atoms with Crippen LogP contribution in [-0.2, 0) is 4.79 Å². The molecule has 0 atom stereocenters. The average Bonchev–Trinajstić information content (AvgIpc) is 2.46. The van der Waals surface area contributed by atoms with E-state index in [0.717, 1.165) is 5.69 Å². The highest BCUT2D eigenvalue weighted by Crippen LogP contribution is 2.28. The van der Waals surface area contributed by atoms with Crippen molar-refractivity contribution in [2.75, 3.05) is 23.9 Å². The van der Waals surface area contributed by atoms with E-state index in [1.165, 1.54) is 18.9 Å². The molecule has 0 aliphatic heterocycles. The number of nitrogens with one attached hydrogen (secondary N) is 1. The molecule has 1 aromatic carbocycles. The van der Waals surface area contributed by atoms with Crippen LogP contribution in [0.25, 0.3) is 0 Å². The first-order valence-electron chi connectivity index (χ1n) is 6.85. The Kier molecular flexibility index (Phi) is 6.06. The van der Waals surface area contributed by atoms with Crippen molar-refractivity contribution in [1.29, 1.82) is 0 Å². The summed E-state index contributed by atoms with van der Waals surface area (Å²) >= 11 is 7.31. The summed E-state index contributed by atoms with van der Waals surface area (Å²) in [5, 5.41) is 3.88. The molecule has 0 radical (unpaired) electrons. The minimum Gasteiger partial charge on any atom is -0.495 e. The number of nitrogen functional groups attached to an aromatic ring is 1. The molecule has 0 saturated carbocycles. The number of amides is 1. The molecular formula is C15H17ClN4O2S. The summed E-state index contributed by atoms with van der Waals surface area (Å²) in [4.78, 5) is 20.4. The number of anilines is 2. The molecule has 122 valence electrons.